The zero-order chi connectivity index (χ0) is 9.42. The van der Waals surface area contributed by atoms with Crippen LogP contribution in [0.2, 0.25) is 0 Å². The lowest BCUT2D eigenvalue weighted by atomic mass is 10.1. The number of carbonyl (C=O) groups excluding carboxylic acids is 1. The molecule has 0 aromatic heterocycles. The fourth-order valence-electron chi connectivity index (χ4n) is 1.53. The lowest BCUT2D eigenvalue weighted by molar-refractivity contribution is -0.113. The van der Waals surface area contributed by atoms with Gasteiger partial charge in [0.15, 0.2) is 5.78 Å². The van der Waals surface area contributed by atoms with Crippen molar-refractivity contribution in [3.8, 4) is 0 Å². The number of ketones is 1. The van der Waals surface area contributed by atoms with Crippen LogP contribution in [0.4, 0.5) is 0 Å². The molecule has 0 radical (unpaired) electrons. The summed E-state index contributed by atoms with van der Waals surface area (Å²) in [6, 6.07) is 6.12. The van der Waals surface area contributed by atoms with Gasteiger partial charge < -0.3 is 0 Å². The van der Waals surface area contributed by atoms with Crippen molar-refractivity contribution in [3.63, 3.8) is 0 Å². The number of Topliss-reactive ketones (excluding diaryl/α,β-unsaturated/α-hetero) is 1. The summed E-state index contributed by atoms with van der Waals surface area (Å²) in [5, 5.41) is 0. The summed E-state index contributed by atoms with van der Waals surface area (Å²) >= 11 is 3.41. The third kappa shape index (κ3) is 1.59. The topological polar surface area (TPSA) is 17.1 Å². The second kappa shape index (κ2) is 3.11. The molecule has 66 valence electrons. The predicted octanol–water partition coefficient (Wildman–Crippen LogP) is 2.98. The van der Waals surface area contributed by atoms with E-state index in [2.05, 4.69) is 22.0 Å². The molecule has 0 spiro atoms. The number of fused-ring (bicyclic) bond motifs is 1. The third-order valence-corrected chi connectivity index (χ3v) is 2.76. The van der Waals surface area contributed by atoms with Crippen molar-refractivity contribution in [3.05, 3.63) is 39.4 Å². The zero-order valence-electron chi connectivity index (χ0n) is 7.30. The van der Waals surface area contributed by atoms with Crippen LogP contribution < -0.4 is 0 Å². The van der Waals surface area contributed by atoms with Gasteiger partial charge in [-0.3, -0.25) is 4.79 Å². The second-order valence-corrected chi connectivity index (χ2v) is 4.16. The Morgan fingerprint density at radius 2 is 2.23 bits per heavy atom. The van der Waals surface area contributed by atoms with Crippen molar-refractivity contribution in [2.45, 2.75) is 13.3 Å². The van der Waals surface area contributed by atoms with E-state index in [4.69, 9.17) is 0 Å². The van der Waals surface area contributed by atoms with E-state index in [1.54, 1.807) is 6.92 Å². The molecule has 0 fully saturated rings. The fourth-order valence-corrected chi connectivity index (χ4v) is 1.91. The Kier molecular flexibility index (Phi) is 2.08. The van der Waals surface area contributed by atoms with E-state index in [9.17, 15) is 4.79 Å². The van der Waals surface area contributed by atoms with Gasteiger partial charge in [-0.05, 0) is 41.8 Å². The monoisotopic (exact) mass is 236 g/mol. The van der Waals surface area contributed by atoms with E-state index in [1.165, 1.54) is 11.1 Å². The number of allylic oxidation sites excluding steroid dienone is 1. The standard InChI is InChI=1S/C11H9BrO/c1-7(13)9-4-8-2-3-11(12)6-10(8)5-9/h2-3,5-6H,4H2,1H3. The van der Waals surface area contributed by atoms with Crippen molar-refractivity contribution in [2.75, 3.05) is 0 Å². The molecule has 0 heterocycles. The van der Waals surface area contributed by atoms with Crippen molar-refractivity contribution in [1.29, 1.82) is 0 Å². The smallest absolute Gasteiger partial charge is 0.156 e. The number of carbonyl (C=O) groups is 1. The number of hydrogen-bond donors (Lipinski definition) is 0. The van der Waals surface area contributed by atoms with Gasteiger partial charge in [-0.15, -0.1) is 0 Å². The predicted molar refractivity (Wildman–Crippen MR) is 56.5 cm³/mol. The molecule has 1 aromatic carbocycles. The first-order valence-corrected chi connectivity index (χ1v) is 4.96. The second-order valence-electron chi connectivity index (χ2n) is 3.25. The summed E-state index contributed by atoms with van der Waals surface area (Å²) in [5.41, 5.74) is 3.32. The molecular formula is C11H9BrO. The lowest BCUT2D eigenvalue weighted by Gasteiger charge is -1.97. The maximum absolute atomic E-state index is 11.1. The molecule has 1 aromatic rings. The molecule has 0 saturated heterocycles. The van der Waals surface area contributed by atoms with Crippen LogP contribution in [0.1, 0.15) is 18.1 Å². The summed E-state index contributed by atoms with van der Waals surface area (Å²) in [6.07, 6.45) is 2.76. The Morgan fingerprint density at radius 3 is 2.92 bits per heavy atom. The molecule has 13 heavy (non-hydrogen) atoms. The Bertz CT molecular complexity index is 405. The molecular weight excluding hydrogens is 228 g/mol. The highest BCUT2D eigenvalue weighted by Crippen LogP contribution is 2.27. The molecule has 0 saturated carbocycles. The van der Waals surface area contributed by atoms with Crippen LogP contribution in [0.3, 0.4) is 0 Å². The van der Waals surface area contributed by atoms with E-state index in [-0.39, 0.29) is 5.78 Å². The van der Waals surface area contributed by atoms with E-state index in [0.29, 0.717) is 0 Å². The fraction of sp³-hybridized carbons (Fsp3) is 0.182. The number of benzene rings is 1. The molecule has 1 nitrogen and oxygen atoms in total. The molecule has 0 atom stereocenters. The van der Waals surface area contributed by atoms with Gasteiger partial charge in [0, 0.05) is 10.9 Å². The van der Waals surface area contributed by atoms with Gasteiger partial charge >= 0.3 is 0 Å². The minimum absolute atomic E-state index is 0.173. The first-order chi connectivity index (χ1) is 6.16. The first-order valence-electron chi connectivity index (χ1n) is 4.17. The molecule has 1 aliphatic rings. The largest absolute Gasteiger partial charge is 0.295 e. The molecule has 1 aliphatic carbocycles. The quantitative estimate of drug-likeness (QED) is 0.733. The molecule has 0 bridgehead atoms. The third-order valence-electron chi connectivity index (χ3n) is 2.27. The number of rotatable bonds is 1. The highest BCUT2D eigenvalue weighted by atomic mass is 79.9. The van der Waals surface area contributed by atoms with Crippen LogP contribution in [0.25, 0.3) is 6.08 Å². The Balaban J connectivity index is 2.43. The molecule has 0 unspecified atom stereocenters. The molecule has 0 aliphatic heterocycles. The molecule has 0 N–H and O–H groups in total. The van der Waals surface area contributed by atoms with Crippen LogP contribution in [-0.4, -0.2) is 5.78 Å². The van der Waals surface area contributed by atoms with Crippen LogP contribution in [0.5, 0.6) is 0 Å². The Hall–Kier alpha value is -0.890. The highest BCUT2D eigenvalue weighted by Gasteiger charge is 2.15. The van der Waals surface area contributed by atoms with Gasteiger partial charge in [0.1, 0.15) is 0 Å². The summed E-state index contributed by atoms with van der Waals surface area (Å²) in [7, 11) is 0. The Morgan fingerprint density at radius 1 is 1.46 bits per heavy atom. The molecule has 2 heteroatoms. The highest BCUT2D eigenvalue weighted by molar-refractivity contribution is 9.10. The minimum atomic E-state index is 0.173. The van der Waals surface area contributed by atoms with Crippen molar-refractivity contribution in [1.82, 2.24) is 0 Å². The van der Waals surface area contributed by atoms with Gasteiger partial charge in [-0.2, -0.15) is 0 Å². The number of halogens is 1. The first kappa shape index (κ1) is 8.70. The van der Waals surface area contributed by atoms with Crippen LogP contribution in [0, 0.1) is 0 Å². The van der Waals surface area contributed by atoms with Crippen LogP contribution in [0.15, 0.2) is 28.2 Å². The van der Waals surface area contributed by atoms with E-state index < -0.39 is 0 Å². The van der Waals surface area contributed by atoms with Gasteiger partial charge in [-0.25, -0.2) is 0 Å². The van der Waals surface area contributed by atoms with E-state index >= 15 is 0 Å². The summed E-state index contributed by atoms with van der Waals surface area (Å²) in [5.74, 6) is 0.173. The van der Waals surface area contributed by atoms with Gasteiger partial charge in [0.25, 0.3) is 0 Å². The summed E-state index contributed by atoms with van der Waals surface area (Å²) in [6.45, 7) is 1.62. The average molecular weight is 237 g/mol. The van der Waals surface area contributed by atoms with Gasteiger partial charge in [-0.1, -0.05) is 22.0 Å². The Labute approximate surface area is 85.6 Å². The zero-order valence-corrected chi connectivity index (χ0v) is 8.89. The normalized spacial score (nSPS) is 13.8. The summed E-state index contributed by atoms with van der Waals surface area (Å²) in [4.78, 5) is 11.1. The minimum Gasteiger partial charge on any atom is -0.295 e. The van der Waals surface area contributed by atoms with Crippen molar-refractivity contribution < 1.29 is 4.79 Å². The molecule has 0 amide bonds. The van der Waals surface area contributed by atoms with Gasteiger partial charge in [0.2, 0.25) is 0 Å². The van der Waals surface area contributed by atoms with Crippen LogP contribution >= 0.6 is 15.9 Å². The molecule has 2 rings (SSSR count). The summed E-state index contributed by atoms with van der Waals surface area (Å²) < 4.78 is 1.06. The van der Waals surface area contributed by atoms with Crippen molar-refractivity contribution in [2.24, 2.45) is 0 Å². The van der Waals surface area contributed by atoms with E-state index in [1.807, 2.05) is 18.2 Å². The van der Waals surface area contributed by atoms with Crippen LogP contribution in [-0.2, 0) is 11.2 Å². The SMILES string of the molecule is CC(=O)C1=Cc2cc(Br)ccc2C1. The van der Waals surface area contributed by atoms with Crippen molar-refractivity contribution >= 4 is 27.8 Å². The van der Waals surface area contributed by atoms with Gasteiger partial charge in [0.05, 0.1) is 0 Å². The van der Waals surface area contributed by atoms with E-state index in [0.717, 1.165) is 16.5 Å². The lowest BCUT2D eigenvalue weighted by Crippen LogP contribution is -1.94. The number of hydrogen-bond acceptors (Lipinski definition) is 1. The average Bonchev–Trinajstić information content (AvgIpc) is 2.46. The maximum Gasteiger partial charge on any atom is 0.156 e. The maximum atomic E-state index is 11.1.